The van der Waals surface area contributed by atoms with Crippen LogP contribution in [0.1, 0.15) is 11.5 Å². The number of hydrogen-bond acceptors (Lipinski definition) is 8. The second-order valence-corrected chi connectivity index (χ2v) is 5.21. The van der Waals surface area contributed by atoms with E-state index in [0.29, 0.717) is 5.56 Å². The molecular weight excluding hydrogens is 324 g/mol. The molecule has 132 valence electrons. The third-order valence-corrected chi connectivity index (χ3v) is 4.50. The minimum absolute atomic E-state index is 0.124. The number of nitrogens with zero attached hydrogens (tertiary/aromatic N) is 2. The lowest BCUT2D eigenvalue weighted by atomic mass is 9.63. The first-order valence-electron chi connectivity index (χ1n) is 6.93. The van der Waals surface area contributed by atoms with Crippen LogP contribution in [0.15, 0.2) is 24.3 Å². The molecule has 0 bridgehead atoms. The molecule has 2 unspecified atom stereocenters. The van der Waals surface area contributed by atoms with Crippen LogP contribution in [0.3, 0.4) is 0 Å². The van der Waals surface area contributed by atoms with E-state index < -0.39 is 33.4 Å². The second kappa shape index (κ2) is 6.40. The number of ether oxygens (including phenoxy) is 4. The molecule has 0 spiro atoms. The second-order valence-electron chi connectivity index (χ2n) is 5.21. The zero-order chi connectivity index (χ0) is 18.1. The molecule has 1 fully saturated rings. The average molecular weight is 342 g/mol. The van der Waals surface area contributed by atoms with Crippen LogP contribution in [0.25, 0.3) is 0 Å². The van der Waals surface area contributed by atoms with Crippen LogP contribution in [0.4, 0.5) is 5.69 Å². The topological polar surface area (TPSA) is 123 Å². The Morgan fingerprint density at radius 1 is 0.875 bits per heavy atom. The smallest absolute Gasteiger partial charge is 0.294 e. The van der Waals surface area contributed by atoms with Crippen LogP contribution in [0, 0.1) is 20.2 Å². The fourth-order valence-electron chi connectivity index (χ4n) is 3.45. The zero-order valence-electron chi connectivity index (χ0n) is 13.6. The van der Waals surface area contributed by atoms with Gasteiger partial charge in [-0.25, -0.2) is 0 Å². The van der Waals surface area contributed by atoms with Gasteiger partial charge in [-0.2, -0.15) is 0 Å². The van der Waals surface area contributed by atoms with Gasteiger partial charge in [0.1, 0.15) is 5.92 Å². The van der Waals surface area contributed by atoms with Gasteiger partial charge in [0.05, 0.1) is 4.92 Å². The van der Waals surface area contributed by atoms with Crippen LogP contribution in [0.2, 0.25) is 0 Å². The molecule has 1 aromatic carbocycles. The van der Waals surface area contributed by atoms with E-state index in [1.54, 1.807) is 0 Å². The Balaban J connectivity index is 2.56. The predicted octanol–water partition coefficient (Wildman–Crippen LogP) is 1.32. The summed E-state index contributed by atoms with van der Waals surface area (Å²) in [6.07, 6.45) is 0. The number of non-ortho nitro benzene ring substituents is 1. The van der Waals surface area contributed by atoms with Crippen molar-refractivity contribution in [1.82, 2.24) is 0 Å². The first-order chi connectivity index (χ1) is 11.3. The predicted molar refractivity (Wildman–Crippen MR) is 80.1 cm³/mol. The number of methoxy groups -OCH3 is 4. The highest BCUT2D eigenvalue weighted by atomic mass is 16.8. The molecule has 0 amide bonds. The molecule has 0 N–H and O–H groups in total. The molecule has 2 rings (SSSR count). The lowest BCUT2D eigenvalue weighted by molar-refractivity contribution is -0.640. The Morgan fingerprint density at radius 3 is 1.67 bits per heavy atom. The molecule has 0 heterocycles. The molecular formula is C14H18N2O8. The van der Waals surface area contributed by atoms with Gasteiger partial charge in [0.15, 0.2) is 0 Å². The summed E-state index contributed by atoms with van der Waals surface area (Å²) in [6, 6.07) is 4.07. The third-order valence-electron chi connectivity index (χ3n) is 4.50. The Labute approximate surface area is 137 Å². The molecule has 0 saturated heterocycles. The largest absolute Gasteiger partial charge is 0.348 e. The first kappa shape index (κ1) is 18.2. The molecule has 24 heavy (non-hydrogen) atoms. The van der Waals surface area contributed by atoms with Crippen molar-refractivity contribution in [2.24, 2.45) is 0 Å². The molecule has 0 aromatic heterocycles. The molecule has 1 aliphatic carbocycles. The highest BCUT2D eigenvalue weighted by Gasteiger charge is 2.83. The first-order valence-corrected chi connectivity index (χ1v) is 6.93. The maximum Gasteiger partial charge on any atom is 0.294 e. The van der Waals surface area contributed by atoms with Crippen LogP contribution in [-0.2, 0) is 18.9 Å². The van der Waals surface area contributed by atoms with E-state index in [0.717, 1.165) is 0 Å². The van der Waals surface area contributed by atoms with E-state index in [1.165, 1.54) is 52.7 Å². The minimum Gasteiger partial charge on any atom is -0.348 e. The molecule has 1 saturated carbocycles. The Morgan fingerprint density at radius 2 is 1.33 bits per heavy atom. The Hall–Kier alpha value is -2.14. The monoisotopic (exact) mass is 342 g/mol. The molecule has 1 aromatic rings. The summed E-state index contributed by atoms with van der Waals surface area (Å²) in [6.45, 7) is 0. The van der Waals surface area contributed by atoms with Gasteiger partial charge in [0.2, 0.25) is 5.79 Å². The van der Waals surface area contributed by atoms with Crippen molar-refractivity contribution < 1.29 is 28.8 Å². The Bertz CT molecular complexity index is 624. The summed E-state index contributed by atoms with van der Waals surface area (Å²) >= 11 is 0. The number of nitro benzene ring substituents is 1. The quantitative estimate of drug-likeness (QED) is 0.413. The average Bonchev–Trinajstić information content (AvgIpc) is 2.56. The van der Waals surface area contributed by atoms with Gasteiger partial charge in [0, 0.05) is 45.5 Å². The van der Waals surface area contributed by atoms with Crippen molar-refractivity contribution in [3.05, 3.63) is 50.1 Å². The summed E-state index contributed by atoms with van der Waals surface area (Å²) in [4.78, 5) is 21.3. The van der Waals surface area contributed by atoms with Gasteiger partial charge in [-0.15, -0.1) is 0 Å². The summed E-state index contributed by atoms with van der Waals surface area (Å²) in [7, 11) is 5.17. The van der Waals surface area contributed by atoms with Crippen molar-refractivity contribution in [3.8, 4) is 0 Å². The number of hydrogen-bond donors (Lipinski definition) is 0. The van der Waals surface area contributed by atoms with E-state index in [-0.39, 0.29) is 5.69 Å². The third kappa shape index (κ3) is 2.18. The van der Waals surface area contributed by atoms with E-state index in [9.17, 15) is 20.2 Å². The lowest BCUT2D eigenvalue weighted by Crippen LogP contribution is -2.82. The van der Waals surface area contributed by atoms with E-state index in [2.05, 4.69) is 0 Å². The van der Waals surface area contributed by atoms with E-state index >= 15 is 0 Å². The van der Waals surface area contributed by atoms with Crippen molar-refractivity contribution in [1.29, 1.82) is 0 Å². The van der Waals surface area contributed by atoms with Gasteiger partial charge in [-0.1, -0.05) is 12.1 Å². The highest BCUT2D eigenvalue weighted by Crippen LogP contribution is 2.59. The fourth-order valence-corrected chi connectivity index (χ4v) is 3.45. The summed E-state index contributed by atoms with van der Waals surface area (Å²) in [5.74, 6) is -4.22. The standard InChI is InChI=1S/C14H18N2O8/c1-21-13(22-2)11(9-5-7-10(8-6-9)15(17)18)12(16(19)20)14(13,23-3)24-4/h5-8,11-12H,1-4H3. The SMILES string of the molecule is COC1(OC)C(c2ccc([N+](=O)[O-])cc2)C([N+](=O)[O-])C1(OC)OC. The minimum atomic E-state index is -1.76. The highest BCUT2D eigenvalue weighted by molar-refractivity contribution is 5.39. The normalized spacial score (nSPS) is 24.2. The van der Waals surface area contributed by atoms with Crippen molar-refractivity contribution in [2.45, 2.75) is 23.5 Å². The zero-order valence-corrected chi connectivity index (χ0v) is 13.6. The summed E-state index contributed by atoms with van der Waals surface area (Å²) in [5, 5.41) is 22.4. The molecule has 10 heteroatoms. The van der Waals surface area contributed by atoms with Crippen molar-refractivity contribution in [3.63, 3.8) is 0 Å². The van der Waals surface area contributed by atoms with Gasteiger partial charge in [0.25, 0.3) is 17.5 Å². The number of rotatable bonds is 7. The summed E-state index contributed by atoms with van der Waals surface area (Å²) in [5.41, 5.74) is 0.316. The van der Waals surface area contributed by atoms with Crippen LogP contribution >= 0.6 is 0 Å². The lowest BCUT2D eigenvalue weighted by Gasteiger charge is -2.59. The van der Waals surface area contributed by atoms with E-state index in [4.69, 9.17) is 18.9 Å². The van der Waals surface area contributed by atoms with Crippen molar-refractivity contribution >= 4 is 5.69 Å². The number of benzene rings is 1. The Kier molecular flexibility index (Phi) is 4.85. The van der Waals surface area contributed by atoms with Crippen LogP contribution < -0.4 is 0 Å². The molecule has 2 atom stereocenters. The van der Waals surface area contributed by atoms with Gasteiger partial charge in [-0.3, -0.25) is 20.2 Å². The van der Waals surface area contributed by atoms with Gasteiger partial charge < -0.3 is 18.9 Å². The fraction of sp³-hybridized carbons (Fsp3) is 0.571. The van der Waals surface area contributed by atoms with Crippen molar-refractivity contribution in [2.75, 3.05) is 28.4 Å². The molecule has 1 aliphatic rings. The van der Waals surface area contributed by atoms with Crippen LogP contribution in [0.5, 0.6) is 0 Å². The van der Waals surface area contributed by atoms with Crippen LogP contribution in [-0.4, -0.2) is 55.9 Å². The van der Waals surface area contributed by atoms with Gasteiger partial charge >= 0.3 is 0 Å². The summed E-state index contributed by atoms with van der Waals surface area (Å²) < 4.78 is 21.4. The molecule has 0 radical (unpaired) electrons. The maximum atomic E-state index is 11.6. The molecule has 0 aliphatic heterocycles. The molecule has 10 nitrogen and oxygen atoms in total. The van der Waals surface area contributed by atoms with E-state index in [1.807, 2.05) is 0 Å². The van der Waals surface area contributed by atoms with Gasteiger partial charge in [-0.05, 0) is 5.56 Å². The maximum absolute atomic E-state index is 11.6. The number of nitro groups is 2.